The van der Waals surface area contributed by atoms with E-state index in [4.69, 9.17) is 19.9 Å². The molecule has 0 aromatic heterocycles. The monoisotopic (exact) mass is 229 g/mol. The quantitative estimate of drug-likeness (QED) is 0.701. The minimum Gasteiger partial charge on any atom is -0.468 e. The van der Waals surface area contributed by atoms with Gasteiger partial charge in [0.1, 0.15) is 11.6 Å². The Hall–Kier alpha value is -0.650. The van der Waals surface area contributed by atoms with Crippen LogP contribution in [0.1, 0.15) is 25.7 Å². The number of rotatable bonds is 3. The van der Waals surface area contributed by atoms with Gasteiger partial charge >= 0.3 is 5.97 Å². The van der Waals surface area contributed by atoms with Crippen LogP contribution in [0, 0.1) is 0 Å². The molecule has 2 rings (SSSR count). The number of esters is 1. The lowest BCUT2D eigenvalue weighted by molar-refractivity contribution is -0.171. The first-order chi connectivity index (χ1) is 7.64. The summed E-state index contributed by atoms with van der Waals surface area (Å²) in [6, 6.07) is 0. The SMILES string of the molecule is COC(=O)C1(N)CCCC(OC2COC2)C1. The molecule has 1 saturated heterocycles. The largest absolute Gasteiger partial charge is 0.468 e. The molecule has 1 heterocycles. The van der Waals surface area contributed by atoms with Crippen molar-refractivity contribution >= 4 is 5.97 Å². The van der Waals surface area contributed by atoms with Crippen LogP contribution in [0.5, 0.6) is 0 Å². The summed E-state index contributed by atoms with van der Waals surface area (Å²) in [5, 5.41) is 0. The fraction of sp³-hybridized carbons (Fsp3) is 0.909. The van der Waals surface area contributed by atoms with Gasteiger partial charge in [0, 0.05) is 6.42 Å². The van der Waals surface area contributed by atoms with E-state index < -0.39 is 5.54 Å². The average molecular weight is 229 g/mol. The third-order valence-corrected chi connectivity index (χ3v) is 3.33. The standard InChI is InChI=1S/C11H19NO4/c1-14-10(13)11(12)4-2-3-8(5-11)16-9-6-15-7-9/h8-9H,2-7,12H2,1H3. The zero-order valence-corrected chi connectivity index (χ0v) is 9.61. The molecule has 1 aliphatic carbocycles. The van der Waals surface area contributed by atoms with Gasteiger partial charge in [0.15, 0.2) is 0 Å². The van der Waals surface area contributed by atoms with Crippen molar-refractivity contribution in [2.75, 3.05) is 20.3 Å². The summed E-state index contributed by atoms with van der Waals surface area (Å²) in [6.45, 7) is 1.32. The van der Waals surface area contributed by atoms with E-state index in [0.717, 1.165) is 12.8 Å². The predicted octanol–water partition coefficient (Wildman–Crippen LogP) is 0.215. The van der Waals surface area contributed by atoms with Gasteiger partial charge in [-0.2, -0.15) is 0 Å². The second kappa shape index (κ2) is 4.69. The normalized spacial score (nSPS) is 35.5. The Morgan fingerprint density at radius 2 is 2.19 bits per heavy atom. The second-order valence-electron chi connectivity index (χ2n) is 4.66. The molecule has 2 atom stereocenters. The Balaban J connectivity index is 1.89. The van der Waals surface area contributed by atoms with Crippen LogP contribution in [0.15, 0.2) is 0 Å². The van der Waals surface area contributed by atoms with Gasteiger partial charge in [-0.05, 0) is 19.3 Å². The molecule has 2 fully saturated rings. The first-order valence-corrected chi connectivity index (χ1v) is 5.74. The van der Waals surface area contributed by atoms with Crippen LogP contribution < -0.4 is 5.73 Å². The molecular formula is C11H19NO4. The second-order valence-corrected chi connectivity index (χ2v) is 4.66. The van der Waals surface area contributed by atoms with Gasteiger partial charge in [0.25, 0.3) is 0 Å². The van der Waals surface area contributed by atoms with Crippen molar-refractivity contribution in [3.8, 4) is 0 Å². The number of carbonyl (C=O) groups is 1. The Kier molecular flexibility index (Phi) is 3.47. The third kappa shape index (κ3) is 2.36. The summed E-state index contributed by atoms with van der Waals surface area (Å²) in [6.07, 6.45) is 3.35. The number of carbonyl (C=O) groups excluding carboxylic acids is 1. The number of hydrogen-bond donors (Lipinski definition) is 1. The van der Waals surface area contributed by atoms with Gasteiger partial charge in [-0.3, -0.25) is 4.79 Å². The van der Waals surface area contributed by atoms with Crippen molar-refractivity contribution in [3.63, 3.8) is 0 Å². The fourth-order valence-electron chi connectivity index (χ4n) is 2.33. The Labute approximate surface area is 95.2 Å². The predicted molar refractivity (Wildman–Crippen MR) is 56.9 cm³/mol. The van der Waals surface area contributed by atoms with Crippen molar-refractivity contribution in [3.05, 3.63) is 0 Å². The van der Waals surface area contributed by atoms with Crippen LogP contribution in [0.2, 0.25) is 0 Å². The minimum atomic E-state index is -0.859. The highest BCUT2D eigenvalue weighted by Gasteiger charge is 2.41. The lowest BCUT2D eigenvalue weighted by atomic mass is 9.81. The summed E-state index contributed by atoms with van der Waals surface area (Å²) in [7, 11) is 1.38. The summed E-state index contributed by atoms with van der Waals surface area (Å²) >= 11 is 0. The summed E-state index contributed by atoms with van der Waals surface area (Å²) < 4.78 is 15.6. The van der Waals surface area contributed by atoms with Crippen LogP contribution in [0.25, 0.3) is 0 Å². The van der Waals surface area contributed by atoms with Crippen LogP contribution in [-0.2, 0) is 19.0 Å². The molecule has 92 valence electrons. The van der Waals surface area contributed by atoms with Crippen molar-refractivity contribution in [1.29, 1.82) is 0 Å². The Morgan fingerprint density at radius 1 is 1.44 bits per heavy atom. The average Bonchev–Trinajstić information content (AvgIpc) is 2.22. The fourth-order valence-corrected chi connectivity index (χ4v) is 2.33. The molecule has 1 aliphatic heterocycles. The molecular weight excluding hydrogens is 210 g/mol. The van der Waals surface area contributed by atoms with E-state index in [0.29, 0.717) is 26.1 Å². The van der Waals surface area contributed by atoms with E-state index in [1.807, 2.05) is 0 Å². The van der Waals surface area contributed by atoms with Gasteiger partial charge in [-0.1, -0.05) is 0 Å². The van der Waals surface area contributed by atoms with Crippen molar-refractivity contribution in [2.45, 2.75) is 43.4 Å². The number of ether oxygens (including phenoxy) is 3. The molecule has 2 unspecified atom stereocenters. The van der Waals surface area contributed by atoms with E-state index in [2.05, 4.69) is 0 Å². The summed E-state index contributed by atoms with van der Waals surface area (Å²) in [5.41, 5.74) is 5.19. The van der Waals surface area contributed by atoms with Crippen LogP contribution >= 0.6 is 0 Å². The van der Waals surface area contributed by atoms with Gasteiger partial charge in [0.05, 0.1) is 26.4 Å². The number of methoxy groups -OCH3 is 1. The van der Waals surface area contributed by atoms with Crippen molar-refractivity contribution in [2.24, 2.45) is 5.73 Å². The lowest BCUT2D eigenvalue weighted by Crippen LogP contribution is -2.54. The highest BCUT2D eigenvalue weighted by molar-refractivity contribution is 5.80. The third-order valence-electron chi connectivity index (χ3n) is 3.33. The highest BCUT2D eigenvalue weighted by Crippen LogP contribution is 2.30. The van der Waals surface area contributed by atoms with Crippen LogP contribution in [0.3, 0.4) is 0 Å². The van der Waals surface area contributed by atoms with E-state index in [1.54, 1.807) is 0 Å². The maximum atomic E-state index is 11.6. The summed E-state index contributed by atoms with van der Waals surface area (Å²) in [5.74, 6) is -0.328. The maximum Gasteiger partial charge on any atom is 0.325 e. The molecule has 5 heteroatoms. The van der Waals surface area contributed by atoms with E-state index in [-0.39, 0.29) is 18.2 Å². The van der Waals surface area contributed by atoms with Crippen molar-refractivity contribution < 1.29 is 19.0 Å². The molecule has 2 aliphatic rings. The first-order valence-electron chi connectivity index (χ1n) is 5.74. The molecule has 0 amide bonds. The Bertz CT molecular complexity index is 267. The number of hydrogen-bond acceptors (Lipinski definition) is 5. The van der Waals surface area contributed by atoms with Gasteiger partial charge in [0.2, 0.25) is 0 Å². The Morgan fingerprint density at radius 3 is 2.75 bits per heavy atom. The molecule has 0 spiro atoms. The van der Waals surface area contributed by atoms with Gasteiger partial charge in [-0.25, -0.2) is 0 Å². The van der Waals surface area contributed by atoms with E-state index >= 15 is 0 Å². The molecule has 0 aromatic carbocycles. The molecule has 0 aromatic rings. The van der Waals surface area contributed by atoms with E-state index in [1.165, 1.54) is 7.11 Å². The molecule has 16 heavy (non-hydrogen) atoms. The van der Waals surface area contributed by atoms with Crippen molar-refractivity contribution in [1.82, 2.24) is 0 Å². The number of nitrogens with two attached hydrogens (primary N) is 1. The highest BCUT2D eigenvalue weighted by atomic mass is 16.6. The van der Waals surface area contributed by atoms with Crippen LogP contribution in [-0.4, -0.2) is 44.0 Å². The van der Waals surface area contributed by atoms with Crippen LogP contribution in [0.4, 0.5) is 0 Å². The molecule has 5 nitrogen and oxygen atoms in total. The van der Waals surface area contributed by atoms with Gasteiger partial charge in [-0.15, -0.1) is 0 Å². The molecule has 2 N–H and O–H groups in total. The zero-order chi connectivity index (χ0) is 11.6. The maximum absolute atomic E-state index is 11.6. The first kappa shape index (κ1) is 11.8. The zero-order valence-electron chi connectivity index (χ0n) is 9.61. The minimum absolute atomic E-state index is 0.0618. The molecule has 0 radical (unpaired) electrons. The molecule has 0 bridgehead atoms. The van der Waals surface area contributed by atoms with E-state index in [9.17, 15) is 4.79 Å². The smallest absolute Gasteiger partial charge is 0.325 e. The summed E-state index contributed by atoms with van der Waals surface area (Å²) in [4.78, 5) is 11.6. The molecule has 1 saturated carbocycles. The topological polar surface area (TPSA) is 70.8 Å². The lowest BCUT2D eigenvalue weighted by Gasteiger charge is -2.38. The van der Waals surface area contributed by atoms with Gasteiger partial charge < -0.3 is 19.9 Å².